The van der Waals surface area contributed by atoms with E-state index in [0.29, 0.717) is 30.7 Å². The molecule has 0 bridgehead atoms. The number of nitrogens with zero attached hydrogens (tertiary/aromatic N) is 1. The van der Waals surface area contributed by atoms with Crippen LogP contribution >= 0.6 is 12.4 Å². The molecule has 0 aliphatic heterocycles. The van der Waals surface area contributed by atoms with Gasteiger partial charge in [0.25, 0.3) is 5.91 Å². The van der Waals surface area contributed by atoms with Crippen molar-refractivity contribution in [3.05, 3.63) is 59.0 Å². The number of nitrogens with two attached hydrogens (primary N) is 1. The van der Waals surface area contributed by atoms with Crippen LogP contribution in [-0.4, -0.2) is 16.8 Å². The molecule has 0 unspecified atom stereocenters. The van der Waals surface area contributed by atoms with E-state index in [1.165, 1.54) is 5.56 Å². The minimum absolute atomic E-state index is 0. The maximum atomic E-state index is 12.6. The van der Waals surface area contributed by atoms with Gasteiger partial charge in [-0.1, -0.05) is 29.8 Å². The van der Waals surface area contributed by atoms with Gasteiger partial charge in [-0.2, -0.15) is 0 Å². The maximum Gasteiger partial charge on any atom is 0.290 e. The fourth-order valence-electron chi connectivity index (χ4n) is 2.50. The summed E-state index contributed by atoms with van der Waals surface area (Å²) < 4.78 is 5.50. The number of carbonyl (C=O) groups excluding carboxylic acids is 1. The predicted octanol–water partition coefficient (Wildman–Crippen LogP) is 3.27. The summed E-state index contributed by atoms with van der Waals surface area (Å²) in [5, 5.41) is 0. The largest absolute Gasteiger partial charge is 0.455 e. The van der Waals surface area contributed by atoms with Gasteiger partial charge < -0.3 is 15.1 Å². The van der Waals surface area contributed by atoms with Crippen LogP contribution in [0, 0.1) is 6.92 Å². The van der Waals surface area contributed by atoms with Crippen molar-refractivity contribution < 1.29 is 9.21 Å². The molecule has 0 spiro atoms. The second-order valence-corrected chi connectivity index (χ2v) is 5.62. The minimum atomic E-state index is -0.0429. The number of rotatable bonds is 5. The van der Waals surface area contributed by atoms with Gasteiger partial charge in [-0.05, 0) is 37.5 Å². The van der Waals surface area contributed by atoms with Crippen LogP contribution in [0.1, 0.15) is 40.3 Å². The average molecular weight is 321 g/mol. The number of amides is 1. The summed E-state index contributed by atoms with van der Waals surface area (Å²) in [5.41, 5.74) is 7.89. The molecule has 2 aromatic rings. The van der Waals surface area contributed by atoms with Gasteiger partial charge in [0.1, 0.15) is 5.76 Å². The molecule has 1 aliphatic rings. The lowest BCUT2D eigenvalue weighted by atomic mass is 10.1. The number of carbonyl (C=O) groups is 1. The number of hydrogen-bond donors (Lipinski definition) is 1. The Balaban J connectivity index is 0.00000176. The van der Waals surface area contributed by atoms with Crippen LogP contribution < -0.4 is 5.73 Å². The summed E-state index contributed by atoms with van der Waals surface area (Å²) in [6.45, 7) is 3.01. The van der Waals surface area contributed by atoms with E-state index in [9.17, 15) is 4.79 Å². The van der Waals surface area contributed by atoms with Crippen LogP contribution in [0.4, 0.5) is 0 Å². The first-order valence-corrected chi connectivity index (χ1v) is 7.32. The van der Waals surface area contributed by atoms with E-state index in [1.807, 2.05) is 11.0 Å². The van der Waals surface area contributed by atoms with Gasteiger partial charge >= 0.3 is 0 Å². The Morgan fingerprint density at radius 1 is 1.32 bits per heavy atom. The van der Waals surface area contributed by atoms with Gasteiger partial charge in [-0.3, -0.25) is 4.79 Å². The third-order valence-electron chi connectivity index (χ3n) is 3.76. The third kappa shape index (κ3) is 3.70. The zero-order valence-corrected chi connectivity index (χ0v) is 13.4. The molecular formula is C17H21ClN2O2. The topological polar surface area (TPSA) is 59.5 Å². The van der Waals surface area contributed by atoms with Crippen LogP contribution in [0.25, 0.3) is 0 Å². The highest BCUT2D eigenvalue weighted by atomic mass is 35.5. The lowest BCUT2D eigenvalue weighted by Gasteiger charge is -2.21. The Kier molecular flexibility index (Phi) is 5.27. The second kappa shape index (κ2) is 6.99. The Morgan fingerprint density at radius 3 is 2.68 bits per heavy atom. The number of benzene rings is 1. The molecular weight excluding hydrogens is 300 g/mol. The van der Waals surface area contributed by atoms with E-state index >= 15 is 0 Å². The molecule has 118 valence electrons. The number of hydrogen-bond acceptors (Lipinski definition) is 3. The standard InChI is InChI=1S/C17H20N2O2.ClH/c1-12-3-2-4-13(9-12)11-19(14-5-6-14)17(20)16-8-7-15(10-18)21-16;/h2-4,7-9,14H,5-6,10-11,18H2,1H3;1H. The Bertz CT molecular complexity index is 650. The summed E-state index contributed by atoms with van der Waals surface area (Å²) in [6, 6.07) is 12.1. The van der Waals surface area contributed by atoms with Crippen LogP contribution in [0.15, 0.2) is 40.8 Å². The monoisotopic (exact) mass is 320 g/mol. The van der Waals surface area contributed by atoms with Crippen LogP contribution in [0.3, 0.4) is 0 Å². The third-order valence-corrected chi connectivity index (χ3v) is 3.76. The van der Waals surface area contributed by atoms with Crippen molar-refractivity contribution in [2.75, 3.05) is 0 Å². The van der Waals surface area contributed by atoms with Crippen molar-refractivity contribution in [2.24, 2.45) is 5.73 Å². The lowest BCUT2D eigenvalue weighted by Crippen LogP contribution is -2.32. The zero-order chi connectivity index (χ0) is 14.8. The highest BCUT2D eigenvalue weighted by molar-refractivity contribution is 5.92. The summed E-state index contributed by atoms with van der Waals surface area (Å²) in [7, 11) is 0. The first-order chi connectivity index (χ1) is 10.2. The molecule has 4 nitrogen and oxygen atoms in total. The molecule has 1 heterocycles. The zero-order valence-electron chi connectivity index (χ0n) is 12.6. The van der Waals surface area contributed by atoms with Gasteiger partial charge in [0.15, 0.2) is 5.76 Å². The summed E-state index contributed by atoms with van der Waals surface area (Å²) in [4.78, 5) is 14.5. The first kappa shape index (κ1) is 16.6. The number of aryl methyl sites for hydroxylation is 1. The number of halogens is 1. The van der Waals surface area contributed by atoms with Crippen molar-refractivity contribution in [1.29, 1.82) is 0 Å². The summed E-state index contributed by atoms with van der Waals surface area (Å²) in [5.74, 6) is 0.985. The summed E-state index contributed by atoms with van der Waals surface area (Å²) >= 11 is 0. The van der Waals surface area contributed by atoms with Crippen molar-refractivity contribution >= 4 is 18.3 Å². The predicted molar refractivity (Wildman–Crippen MR) is 87.9 cm³/mol. The molecule has 1 aromatic heterocycles. The Morgan fingerprint density at radius 2 is 2.09 bits per heavy atom. The molecule has 2 N–H and O–H groups in total. The summed E-state index contributed by atoms with van der Waals surface area (Å²) in [6.07, 6.45) is 2.14. The maximum absolute atomic E-state index is 12.6. The van der Waals surface area contributed by atoms with Crippen molar-refractivity contribution in [3.63, 3.8) is 0 Å². The molecule has 1 aromatic carbocycles. The first-order valence-electron chi connectivity index (χ1n) is 7.32. The highest BCUT2D eigenvalue weighted by Crippen LogP contribution is 2.30. The molecule has 1 saturated carbocycles. The smallest absolute Gasteiger partial charge is 0.290 e. The van der Waals surface area contributed by atoms with E-state index in [4.69, 9.17) is 10.2 Å². The molecule has 3 rings (SSSR count). The van der Waals surface area contributed by atoms with Crippen LogP contribution in [0.2, 0.25) is 0 Å². The average Bonchev–Trinajstić information content (AvgIpc) is 3.20. The van der Waals surface area contributed by atoms with Crippen molar-refractivity contribution in [3.8, 4) is 0 Å². The fourth-order valence-corrected chi connectivity index (χ4v) is 2.50. The Hall–Kier alpha value is -1.78. The van der Waals surface area contributed by atoms with Crippen LogP contribution in [-0.2, 0) is 13.1 Å². The molecule has 1 fully saturated rings. The second-order valence-electron chi connectivity index (χ2n) is 5.62. The van der Waals surface area contributed by atoms with Gasteiger partial charge in [0.05, 0.1) is 6.54 Å². The Labute approximate surface area is 136 Å². The molecule has 22 heavy (non-hydrogen) atoms. The van der Waals surface area contributed by atoms with E-state index in [0.717, 1.165) is 18.4 Å². The lowest BCUT2D eigenvalue weighted by molar-refractivity contribution is 0.0695. The highest BCUT2D eigenvalue weighted by Gasteiger charge is 2.34. The minimum Gasteiger partial charge on any atom is -0.455 e. The molecule has 1 aliphatic carbocycles. The van der Waals surface area contributed by atoms with Crippen LogP contribution in [0.5, 0.6) is 0 Å². The van der Waals surface area contributed by atoms with E-state index in [2.05, 4.69) is 25.1 Å². The van der Waals surface area contributed by atoms with Gasteiger partial charge in [0.2, 0.25) is 0 Å². The van der Waals surface area contributed by atoms with Crippen molar-refractivity contribution in [2.45, 2.75) is 38.9 Å². The van der Waals surface area contributed by atoms with Gasteiger partial charge in [-0.25, -0.2) is 0 Å². The molecule has 0 saturated heterocycles. The fraction of sp³-hybridized carbons (Fsp3) is 0.353. The molecule has 5 heteroatoms. The van der Waals surface area contributed by atoms with E-state index < -0.39 is 0 Å². The molecule has 0 radical (unpaired) electrons. The van der Waals surface area contributed by atoms with Gasteiger partial charge in [-0.15, -0.1) is 12.4 Å². The SMILES string of the molecule is Cc1cccc(CN(C(=O)c2ccc(CN)o2)C2CC2)c1.Cl. The molecule has 0 atom stereocenters. The quantitative estimate of drug-likeness (QED) is 0.919. The van der Waals surface area contributed by atoms with E-state index in [1.54, 1.807) is 12.1 Å². The number of furan rings is 1. The molecule has 1 amide bonds. The van der Waals surface area contributed by atoms with Crippen molar-refractivity contribution in [1.82, 2.24) is 4.90 Å². The normalized spacial score (nSPS) is 13.5. The van der Waals surface area contributed by atoms with Gasteiger partial charge in [0, 0.05) is 12.6 Å². The van der Waals surface area contributed by atoms with E-state index in [-0.39, 0.29) is 18.3 Å².